The number of hydrogen-bond acceptors (Lipinski definition) is 3. The summed E-state index contributed by atoms with van der Waals surface area (Å²) in [5, 5.41) is 16.2. The Morgan fingerprint density at radius 1 is 1.73 bits per heavy atom. The van der Waals surface area contributed by atoms with Crippen LogP contribution in [0.25, 0.3) is 0 Å². The normalized spacial score (nSPS) is 15.7. The first kappa shape index (κ1) is 6.67. The molecule has 0 amide bonds. The van der Waals surface area contributed by atoms with E-state index in [1.165, 1.54) is 0 Å². The van der Waals surface area contributed by atoms with Crippen LogP contribution in [0.4, 0.5) is 5.82 Å². The predicted octanol–water partition coefficient (Wildman–Crippen LogP) is 0.191. The van der Waals surface area contributed by atoms with Gasteiger partial charge in [0.05, 0.1) is 12.8 Å². The largest absolute Gasteiger partial charge is 0.391 e. The number of aromatic nitrogens is 2. The standard InChI is InChI=1S/C7H11N3O/c11-5-6-4-9-10-3-1-2-8-7(6)10/h4,8,11H,1-3,5H2. The van der Waals surface area contributed by atoms with E-state index in [1.54, 1.807) is 6.20 Å². The van der Waals surface area contributed by atoms with Gasteiger partial charge in [-0.3, -0.25) is 0 Å². The molecule has 0 aliphatic carbocycles. The molecule has 0 atom stereocenters. The van der Waals surface area contributed by atoms with Gasteiger partial charge in [0.25, 0.3) is 0 Å². The van der Waals surface area contributed by atoms with Crippen molar-refractivity contribution in [3.8, 4) is 0 Å². The summed E-state index contributed by atoms with van der Waals surface area (Å²) in [5.41, 5.74) is 0.893. The van der Waals surface area contributed by atoms with Gasteiger partial charge in [-0.1, -0.05) is 0 Å². The van der Waals surface area contributed by atoms with Crippen LogP contribution in [0.3, 0.4) is 0 Å². The molecule has 11 heavy (non-hydrogen) atoms. The average Bonchev–Trinajstić information content (AvgIpc) is 2.47. The van der Waals surface area contributed by atoms with Crippen molar-refractivity contribution >= 4 is 5.82 Å². The summed E-state index contributed by atoms with van der Waals surface area (Å²) in [6.45, 7) is 2.02. The first-order chi connectivity index (χ1) is 5.42. The second kappa shape index (κ2) is 2.54. The average molecular weight is 153 g/mol. The van der Waals surface area contributed by atoms with Crippen LogP contribution in [0.1, 0.15) is 12.0 Å². The number of nitrogens with zero attached hydrogens (tertiary/aromatic N) is 2. The van der Waals surface area contributed by atoms with E-state index in [1.807, 2.05) is 4.68 Å². The number of rotatable bonds is 1. The van der Waals surface area contributed by atoms with Crippen LogP contribution >= 0.6 is 0 Å². The monoisotopic (exact) mass is 153 g/mol. The molecule has 0 saturated heterocycles. The summed E-state index contributed by atoms with van der Waals surface area (Å²) < 4.78 is 1.90. The quantitative estimate of drug-likeness (QED) is 0.605. The molecule has 1 aliphatic rings. The van der Waals surface area contributed by atoms with Crippen molar-refractivity contribution in [2.45, 2.75) is 19.6 Å². The summed E-state index contributed by atoms with van der Waals surface area (Å²) in [7, 11) is 0. The first-order valence-corrected chi connectivity index (χ1v) is 3.81. The van der Waals surface area contributed by atoms with Crippen LogP contribution in [-0.4, -0.2) is 21.4 Å². The molecule has 0 unspecified atom stereocenters. The van der Waals surface area contributed by atoms with Crippen LogP contribution < -0.4 is 5.32 Å². The first-order valence-electron chi connectivity index (χ1n) is 3.81. The number of nitrogens with one attached hydrogen (secondary N) is 1. The summed E-state index contributed by atoms with van der Waals surface area (Å²) in [4.78, 5) is 0. The van der Waals surface area contributed by atoms with Gasteiger partial charge in [0.2, 0.25) is 0 Å². The molecule has 0 fully saturated rings. The molecule has 60 valence electrons. The molecular weight excluding hydrogens is 142 g/mol. The molecule has 1 aromatic rings. The zero-order valence-corrected chi connectivity index (χ0v) is 6.25. The lowest BCUT2D eigenvalue weighted by Crippen LogP contribution is -2.18. The van der Waals surface area contributed by atoms with E-state index < -0.39 is 0 Å². The molecular formula is C7H11N3O. The van der Waals surface area contributed by atoms with Crippen molar-refractivity contribution < 1.29 is 5.11 Å². The molecule has 2 rings (SSSR count). The van der Waals surface area contributed by atoms with Gasteiger partial charge in [0.1, 0.15) is 5.82 Å². The minimum absolute atomic E-state index is 0.0718. The van der Waals surface area contributed by atoms with Crippen LogP contribution in [0.2, 0.25) is 0 Å². The number of hydrogen-bond donors (Lipinski definition) is 2. The maximum atomic E-state index is 8.89. The van der Waals surface area contributed by atoms with Crippen molar-refractivity contribution in [1.29, 1.82) is 0 Å². The van der Waals surface area contributed by atoms with Crippen molar-refractivity contribution in [2.24, 2.45) is 0 Å². The van der Waals surface area contributed by atoms with Crippen LogP contribution in [0, 0.1) is 0 Å². The zero-order valence-electron chi connectivity index (χ0n) is 6.25. The molecule has 1 aliphatic heterocycles. The van der Waals surface area contributed by atoms with E-state index in [4.69, 9.17) is 5.11 Å². The number of aryl methyl sites for hydroxylation is 1. The topological polar surface area (TPSA) is 50.1 Å². The Hall–Kier alpha value is -1.03. The van der Waals surface area contributed by atoms with Crippen molar-refractivity contribution in [2.75, 3.05) is 11.9 Å². The summed E-state index contributed by atoms with van der Waals surface area (Å²) >= 11 is 0. The minimum atomic E-state index is 0.0718. The van der Waals surface area contributed by atoms with Crippen molar-refractivity contribution in [3.63, 3.8) is 0 Å². The lowest BCUT2D eigenvalue weighted by Gasteiger charge is -2.16. The Morgan fingerprint density at radius 3 is 3.45 bits per heavy atom. The fourth-order valence-electron chi connectivity index (χ4n) is 1.35. The van der Waals surface area contributed by atoms with Gasteiger partial charge >= 0.3 is 0 Å². The van der Waals surface area contributed by atoms with Gasteiger partial charge in [-0.2, -0.15) is 5.10 Å². The van der Waals surface area contributed by atoms with Crippen LogP contribution in [0.5, 0.6) is 0 Å². The summed E-state index contributed by atoms with van der Waals surface area (Å²) in [5.74, 6) is 0.985. The lowest BCUT2D eigenvalue weighted by molar-refractivity contribution is 0.282. The molecule has 0 spiro atoms. The van der Waals surface area contributed by atoms with Crippen LogP contribution in [0.15, 0.2) is 6.20 Å². The molecule has 0 saturated carbocycles. The Kier molecular flexibility index (Phi) is 1.54. The van der Waals surface area contributed by atoms with E-state index in [9.17, 15) is 0 Å². The minimum Gasteiger partial charge on any atom is -0.391 e. The third-order valence-electron chi connectivity index (χ3n) is 1.92. The number of fused-ring (bicyclic) bond motifs is 1. The maximum absolute atomic E-state index is 8.89. The molecule has 2 N–H and O–H groups in total. The second-order valence-electron chi connectivity index (χ2n) is 2.68. The van der Waals surface area contributed by atoms with Crippen molar-refractivity contribution in [3.05, 3.63) is 11.8 Å². The Morgan fingerprint density at radius 2 is 2.64 bits per heavy atom. The van der Waals surface area contributed by atoms with Gasteiger partial charge < -0.3 is 10.4 Å². The van der Waals surface area contributed by atoms with Gasteiger partial charge in [0.15, 0.2) is 0 Å². The highest BCUT2D eigenvalue weighted by atomic mass is 16.3. The third kappa shape index (κ3) is 0.991. The molecule has 2 heterocycles. The van der Waals surface area contributed by atoms with Gasteiger partial charge in [0, 0.05) is 18.7 Å². The molecule has 4 heteroatoms. The smallest absolute Gasteiger partial charge is 0.129 e. The van der Waals surface area contributed by atoms with E-state index in [0.29, 0.717) is 0 Å². The Balaban J connectivity index is 2.38. The number of aliphatic hydroxyl groups excluding tert-OH is 1. The van der Waals surface area contributed by atoms with Crippen molar-refractivity contribution in [1.82, 2.24) is 9.78 Å². The molecule has 0 aromatic carbocycles. The van der Waals surface area contributed by atoms with Gasteiger partial charge in [-0.15, -0.1) is 0 Å². The number of anilines is 1. The molecule has 0 radical (unpaired) electrons. The molecule has 4 nitrogen and oxygen atoms in total. The van der Waals surface area contributed by atoms with E-state index in [-0.39, 0.29) is 6.61 Å². The van der Waals surface area contributed by atoms with Gasteiger partial charge in [-0.05, 0) is 6.42 Å². The highest BCUT2D eigenvalue weighted by molar-refractivity contribution is 5.44. The molecule has 1 aromatic heterocycles. The summed E-state index contributed by atoms with van der Waals surface area (Å²) in [6, 6.07) is 0. The van der Waals surface area contributed by atoms with E-state index >= 15 is 0 Å². The second-order valence-corrected chi connectivity index (χ2v) is 2.68. The number of aliphatic hydroxyl groups is 1. The third-order valence-corrected chi connectivity index (χ3v) is 1.92. The Labute approximate surface area is 64.8 Å². The zero-order chi connectivity index (χ0) is 7.68. The fourth-order valence-corrected chi connectivity index (χ4v) is 1.35. The van der Waals surface area contributed by atoms with Crippen LogP contribution in [-0.2, 0) is 13.2 Å². The Bertz CT molecular complexity index is 243. The highest BCUT2D eigenvalue weighted by Crippen LogP contribution is 2.18. The SMILES string of the molecule is OCc1cnn2c1NCCC2. The maximum Gasteiger partial charge on any atom is 0.129 e. The van der Waals surface area contributed by atoms with E-state index in [0.717, 1.165) is 30.9 Å². The fraction of sp³-hybridized carbons (Fsp3) is 0.571. The predicted molar refractivity (Wildman–Crippen MR) is 41.3 cm³/mol. The van der Waals surface area contributed by atoms with E-state index in [2.05, 4.69) is 10.4 Å². The highest BCUT2D eigenvalue weighted by Gasteiger charge is 2.12. The van der Waals surface area contributed by atoms with Gasteiger partial charge in [-0.25, -0.2) is 4.68 Å². The lowest BCUT2D eigenvalue weighted by atomic mass is 10.3. The molecule has 0 bridgehead atoms. The summed E-state index contributed by atoms with van der Waals surface area (Å²) in [6.07, 6.45) is 2.83.